The van der Waals surface area contributed by atoms with Gasteiger partial charge in [-0.2, -0.15) is 0 Å². The van der Waals surface area contributed by atoms with E-state index in [0.29, 0.717) is 13.0 Å². The molecule has 0 unspecified atom stereocenters. The normalized spacial score (nSPS) is 25.4. The highest BCUT2D eigenvalue weighted by molar-refractivity contribution is 5.89. The van der Waals surface area contributed by atoms with E-state index in [-0.39, 0.29) is 23.3 Å². The predicted molar refractivity (Wildman–Crippen MR) is 78.3 cm³/mol. The number of piperazine rings is 1. The van der Waals surface area contributed by atoms with Crippen molar-refractivity contribution in [2.75, 3.05) is 39.3 Å². The van der Waals surface area contributed by atoms with E-state index in [1.807, 2.05) is 30.6 Å². The van der Waals surface area contributed by atoms with E-state index >= 15 is 0 Å². The quantitative estimate of drug-likeness (QED) is 0.752. The number of nitrogens with zero attached hydrogens (tertiary/aromatic N) is 3. The van der Waals surface area contributed by atoms with Crippen LogP contribution in [-0.4, -0.2) is 71.3 Å². The van der Waals surface area contributed by atoms with Gasteiger partial charge in [0.1, 0.15) is 0 Å². The van der Waals surface area contributed by atoms with Crippen LogP contribution in [0.2, 0.25) is 0 Å². The standard InChI is InChI=1S/C15H27N3O2/c1-5-16-6-8-17(9-7-16)14(20)12-10-13(19)18(11-12)15(2,3)4/h12H,5-11H2,1-4H3/t12-/m0/s1. The molecule has 0 aromatic heterocycles. The first-order chi connectivity index (χ1) is 9.32. The molecule has 0 bridgehead atoms. The van der Waals surface area contributed by atoms with Crippen molar-refractivity contribution in [3.05, 3.63) is 0 Å². The zero-order valence-electron chi connectivity index (χ0n) is 13.2. The molecule has 5 nitrogen and oxygen atoms in total. The minimum Gasteiger partial charge on any atom is -0.340 e. The average molecular weight is 281 g/mol. The summed E-state index contributed by atoms with van der Waals surface area (Å²) < 4.78 is 0. The minimum atomic E-state index is -0.187. The first-order valence-electron chi connectivity index (χ1n) is 7.64. The number of likely N-dealkylation sites (tertiary alicyclic amines) is 1. The molecule has 2 heterocycles. The Morgan fingerprint density at radius 1 is 1.20 bits per heavy atom. The van der Waals surface area contributed by atoms with Crippen LogP contribution < -0.4 is 0 Å². The maximum atomic E-state index is 12.5. The molecule has 2 amide bonds. The van der Waals surface area contributed by atoms with Gasteiger partial charge in [0.05, 0.1) is 5.92 Å². The van der Waals surface area contributed by atoms with Crippen LogP contribution in [0.3, 0.4) is 0 Å². The van der Waals surface area contributed by atoms with Gasteiger partial charge in [-0.25, -0.2) is 0 Å². The molecule has 2 rings (SSSR count). The van der Waals surface area contributed by atoms with Crippen molar-refractivity contribution in [3.8, 4) is 0 Å². The fraction of sp³-hybridized carbons (Fsp3) is 0.867. The highest BCUT2D eigenvalue weighted by Crippen LogP contribution is 2.27. The third-order valence-electron chi connectivity index (χ3n) is 4.42. The number of rotatable bonds is 2. The monoisotopic (exact) mass is 281 g/mol. The summed E-state index contributed by atoms with van der Waals surface area (Å²) in [6.07, 6.45) is 0.379. The van der Waals surface area contributed by atoms with E-state index in [1.165, 1.54) is 0 Å². The van der Waals surface area contributed by atoms with E-state index in [4.69, 9.17) is 0 Å². The van der Waals surface area contributed by atoms with Crippen LogP contribution in [0.25, 0.3) is 0 Å². The third kappa shape index (κ3) is 3.14. The molecular formula is C15H27N3O2. The van der Waals surface area contributed by atoms with Gasteiger partial charge in [0, 0.05) is 44.7 Å². The number of carbonyl (C=O) groups is 2. The molecule has 0 spiro atoms. The van der Waals surface area contributed by atoms with E-state index < -0.39 is 0 Å². The van der Waals surface area contributed by atoms with Gasteiger partial charge in [-0.1, -0.05) is 6.92 Å². The van der Waals surface area contributed by atoms with Gasteiger partial charge in [-0.15, -0.1) is 0 Å². The Labute approximate surface area is 121 Å². The molecular weight excluding hydrogens is 254 g/mol. The van der Waals surface area contributed by atoms with Crippen molar-refractivity contribution < 1.29 is 9.59 Å². The molecule has 114 valence electrons. The molecule has 2 aliphatic rings. The fourth-order valence-corrected chi connectivity index (χ4v) is 3.06. The molecule has 0 aromatic rings. The fourth-order valence-electron chi connectivity index (χ4n) is 3.06. The van der Waals surface area contributed by atoms with Crippen molar-refractivity contribution in [3.63, 3.8) is 0 Å². The van der Waals surface area contributed by atoms with Gasteiger partial charge in [0.25, 0.3) is 0 Å². The molecule has 20 heavy (non-hydrogen) atoms. The summed E-state index contributed by atoms with van der Waals surface area (Å²) in [7, 11) is 0. The lowest BCUT2D eigenvalue weighted by atomic mass is 10.1. The Hall–Kier alpha value is -1.10. The number of hydrogen-bond donors (Lipinski definition) is 0. The third-order valence-corrected chi connectivity index (χ3v) is 4.42. The summed E-state index contributed by atoms with van der Waals surface area (Å²) in [5.41, 5.74) is -0.187. The lowest BCUT2D eigenvalue weighted by Crippen LogP contribution is -2.50. The highest BCUT2D eigenvalue weighted by atomic mass is 16.2. The van der Waals surface area contributed by atoms with E-state index in [2.05, 4.69) is 11.8 Å². The topological polar surface area (TPSA) is 43.9 Å². The number of likely N-dealkylation sites (N-methyl/N-ethyl adjacent to an activating group) is 1. The average Bonchev–Trinajstić information content (AvgIpc) is 2.80. The first kappa shape index (κ1) is 15.3. The number of hydrogen-bond acceptors (Lipinski definition) is 3. The maximum absolute atomic E-state index is 12.5. The molecule has 2 fully saturated rings. The van der Waals surface area contributed by atoms with Crippen LogP contribution in [0.1, 0.15) is 34.1 Å². The highest BCUT2D eigenvalue weighted by Gasteiger charge is 2.41. The molecule has 0 aliphatic carbocycles. The Morgan fingerprint density at radius 3 is 2.25 bits per heavy atom. The maximum Gasteiger partial charge on any atom is 0.228 e. The summed E-state index contributed by atoms with van der Waals surface area (Å²) in [5.74, 6) is 0.138. The number of amides is 2. The summed E-state index contributed by atoms with van der Waals surface area (Å²) in [5, 5.41) is 0. The van der Waals surface area contributed by atoms with Gasteiger partial charge in [-0.05, 0) is 27.3 Å². The van der Waals surface area contributed by atoms with Crippen molar-refractivity contribution in [1.29, 1.82) is 0 Å². The van der Waals surface area contributed by atoms with Crippen LogP contribution in [0.5, 0.6) is 0 Å². The largest absolute Gasteiger partial charge is 0.340 e. The molecule has 0 radical (unpaired) electrons. The summed E-state index contributed by atoms with van der Waals surface area (Å²) in [6.45, 7) is 13.3. The van der Waals surface area contributed by atoms with Crippen LogP contribution in [0, 0.1) is 5.92 Å². The Kier molecular flexibility index (Phi) is 4.37. The van der Waals surface area contributed by atoms with Crippen molar-refractivity contribution in [2.45, 2.75) is 39.7 Å². The smallest absolute Gasteiger partial charge is 0.228 e. The van der Waals surface area contributed by atoms with Crippen LogP contribution in [0.15, 0.2) is 0 Å². The second kappa shape index (κ2) is 5.72. The first-order valence-corrected chi connectivity index (χ1v) is 7.64. The number of carbonyl (C=O) groups excluding carboxylic acids is 2. The van der Waals surface area contributed by atoms with Gasteiger partial charge < -0.3 is 14.7 Å². The van der Waals surface area contributed by atoms with Crippen LogP contribution in [-0.2, 0) is 9.59 Å². The zero-order chi connectivity index (χ0) is 14.9. The Morgan fingerprint density at radius 2 is 1.80 bits per heavy atom. The van der Waals surface area contributed by atoms with Crippen molar-refractivity contribution in [2.24, 2.45) is 5.92 Å². The van der Waals surface area contributed by atoms with Crippen LogP contribution in [0.4, 0.5) is 0 Å². The Balaban J connectivity index is 1.93. The van der Waals surface area contributed by atoms with Crippen LogP contribution >= 0.6 is 0 Å². The second-order valence-corrected chi connectivity index (χ2v) is 6.84. The lowest BCUT2D eigenvalue weighted by molar-refractivity contribution is -0.137. The van der Waals surface area contributed by atoms with E-state index in [9.17, 15) is 9.59 Å². The van der Waals surface area contributed by atoms with Crippen molar-refractivity contribution >= 4 is 11.8 Å². The van der Waals surface area contributed by atoms with Crippen molar-refractivity contribution in [1.82, 2.24) is 14.7 Å². The molecule has 5 heteroatoms. The zero-order valence-corrected chi connectivity index (χ0v) is 13.2. The Bertz CT molecular complexity index is 381. The molecule has 0 saturated carbocycles. The molecule has 2 saturated heterocycles. The van der Waals surface area contributed by atoms with Gasteiger partial charge in [0.2, 0.25) is 11.8 Å². The van der Waals surface area contributed by atoms with E-state index in [1.54, 1.807) is 0 Å². The summed E-state index contributed by atoms with van der Waals surface area (Å²) in [6, 6.07) is 0. The molecule has 0 aromatic carbocycles. The molecule has 2 aliphatic heterocycles. The lowest BCUT2D eigenvalue weighted by Gasteiger charge is -2.36. The SMILES string of the molecule is CCN1CCN(C(=O)[C@H]2CC(=O)N(C(C)(C)C)C2)CC1. The predicted octanol–water partition coefficient (Wildman–Crippen LogP) is 0.798. The van der Waals surface area contributed by atoms with Gasteiger partial charge >= 0.3 is 0 Å². The minimum absolute atomic E-state index is 0.114. The second-order valence-electron chi connectivity index (χ2n) is 6.84. The van der Waals surface area contributed by atoms with E-state index in [0.717, 1.165) is 32.7 Å². The summed E-state index contributed by atoms with van der Waals surface area (Å²) >= 11 is 0. The van der Waals surface area contributed by atoms with Gasteiger partial charge in [0.15, 0.2) is 0 Å². The molecule has 0 N–H and O–H groups in total. The molecule has 1 atom stereocenters. The van der Waals surface area contributed by atoms with Gasteiger partial charge in [-0.3, -0.25) is 9.59 Å². The summed E-state index contributed by atoms with van der Waals surface area (Å²) in [4.78, 5) is 30.7.